The Bertz CT molecular complexity index is 1090. The summed E-state index contributed by atoms with van der Waals surface area (Å²) in [6.07, 6.45) is 0.576. The number of aromatic nitrogens is 2. The van der Waals surface area contributed by atoms with E-state index in [9.17, 15) is 14.7 Å². The Kier molecular flexibility index (Phi) is 5.88. The molecule has 0 spiro atoms. The quantitative estimate of drug-likeness (QED) is 0.757. The first kappa shape index (κ1) is 20.8. The van der Waals surface area contributed by atoms with Crippen LogP contribution in [-0.2, 0) is 18.9 Å². The van der Waals surface area contributed by atoms with Crippen LogP contribution in [0.5, 0.6) is 11.6 Å². The monoisotopic (exact) mass is 416 g/mol. The van der Waals surface area contributed by atoms with Crippen LogP contribution in [0.4, 0.5) is 0 Å². The summed E-state index contributed by atoms with van der Waals surface area (Å²) in [5.41, 5.74) is 0.843. The molecule has 1 atom stereocenters. The van der Waals surface area contributed by atoms with Crippen molar-refractivity contribution in [3.63, 3.8) is 0 Å². The van der Waals surface area contributed by atoms with Crippen molar-refractivity contribution in [3.8, 4) is 11.6 Å². The van der Waals surface area contributed by atoms with Gasteiger partial charge in [-0.2, -0.15) is 5.10 Å². The topological polar surface area (TPSA) is 89.1 Å². The van der Waals surface area contributed by atoms with E-state index in [2.05, 4.69) is 5.10 Å². The zero-order valence-electron chi connectivity index (χ0n) is 16.9. The van der Waals surface area contributed by atoms with Crippen LogP contribution in [0, 0.1) is 4.77 Å². The minimum Gasteiger partial charge on any atom is -0.494 e. The first-order valence-electron chi connectivity index (χ1n) is 9.41. The van der Waals surface area contributed by atoms with Crippen LogP contribution in [0.25, 0.3) is 0 Å². The lowest BCUT2D eigenvalue weighted by Gasteiger charge is -2.21. The maximum Gasteiger partial charge on any atom is 0.267 e. The predicted molar refractivity (Wildman–Crippen MR) is 112 cm³/mol. The molecule has 1 aliphatic heterocycles. The van der Waals surface area contributed by atoms with Gasteiger partial charge in [-0.1, -0.05) is 19.1 Å². The highest BCUT2D eigenvalue weighted by Crippen LogP contribution is 2.34. The van der Waals surface area contributed by atoms with Gasteiger partial charge >= 0.3 is 0 Å². The number of hydrogen-bond donors (Lipinski definition) is 1. The van der Waals surface area contributed by atoms with Crippen molar-refractivity contribution in [3.05, 3.63) is 50.5 Å². The largest absolute Gasteiger partial charge is 0.494 e. The van der Waals surface area contributed by atoms with Crippen molar-refractivity contribution in [2.24, 2.45) is 19.2 Å². The molecule has 1 amide bonds. The molecule has 0 radical (unpaired) electrons. The SMILES string of the molecule is CCOc1ccc([C@H]2CC(c3c(O)n(C)c(=S)n(C)c3=O)=NN2C(=O)CC)cc1. The molecule has 2 heterocycles. The fourth-order valence-electron chi connectivity index (χ4n) is 3.35. The Balaban J connectivity index is 2.06. The summed E-state index contributed by atoms with van der Waals surface area (Å²) >= 11 is 5.17. The van der Waals surface area contributed by atoms with Gasteiger partial charge in [-0.25, -0.2) is 5.01 Å². The van der Waals surface area contributed by atoms with Crippen molar-refractivity contribution < 1.29 is 14.6 Å². The van der Waals surface area contributed by atoms with Gasteiger partial charge in [0.25, 0.3) is 5.56 Å². The van der Waals surface area contributed by atoms with E-state index in [0.29, 0.717) is 18.7 Å². The molecule has 0 saturated heterocycles. The molecule has 0 bridgehead atoms. The summed E-state index contributed by atoms with van der Waals surface area (Å²) in [4.78, 5) is 25.3. The molecule has 1 aromatic heterocycles. The minimum absolute atomic E-state index is 0.0611. The van der Waals surface area contributed by atoms with Crippen molar-refractivity contribution in [2.75, 3.05) is 6.61 Å². The third kappa shape index (κ3) is 3.69. The van der Waals surface area contributed by atoms with E-state index in [1.807, 2.05) is 31.2 Å². The number of aromatic hydroxyl groups is 1. The van der Waals surface area contributed by atoms with E-state index in [4.69, 9.17) is 17.0 Å². The molecular formula is C20H24N4O4S. The van der Waals surface area contributed by atoms with E-state index in [-0.39, 0.29) is 34.6 Å². The Morgan fingerprint density at radius 3 is 2.48 bits per heavy atom. The number of carbonyl (C=O) groups excluding carboxylic acids is 1. The maximum atomic E-state index is 12.8. The number of rotatable bonds is 5. The van der Waals surface area contributed by atoms with E-state index >= 15 is 0 Å². The Morgan fingerprint density at radius 1 is 1.24 bits per heavy atom. The second-order valence-corrected chi connectivity index (χ2v) is 7.13. The predicted octanol–water partition coefficient (Wildman–Crippen LogP) is 2.65. The molecule has 2 aromatic rings. The number of carbonyl (C=O) groups is 1. The highest BCUT2D eigenvalue weighted by molar-refractivity contribution is 7.71. The zero-order chi connectivity index (χ0) is 21.3. The maximum absolute atomic E-state index is 12.8. The first-order valence-corrected chi connectivity index (χ1v) is 9.82. The molecule has 154 valence electrons. The fourth-order valence-corrected chi connectivity index (χ4v) is 3.52. The fraction of sp³-hybridized carbons (Fsp3) is 0.400. The van der Waals surface area contributed by atoms with E-state index < -0.39 is 5.56 Å². The summed E-state index contributed by atoms with van der Waals surface area (Å²) in [7, 11) is 3.12. The van der Waals surface area contributed by atoms with E-state index in [1.54, 1.807) is 21.0 Å². The molecule has 0 unspecified atom stereocenters. The van der Waals surface area contributed by atoms with Crippen LogP contribution in [0.2, 0.25) is 0 Å². The lowest BCUT2D eigenvalue weighted by molar-refractivity contribution is -0.132. The van der Waals surface area contributed by atoms with Crippen LogP contribution in [0.15, 0.2) is 34.2 Å². The smallest absolute Gasteiger partial charge is 0.267 e. The average Bonchev–Trinajstić information content (AvgIpc) is 3.16. The molecule has 3 rings (SSSR count). The summed E-state index contributed by atoms with van der Waals surface area (Å²) in [6.45, 7) is 4.23. The van der Waals surface area contributed by atoms with Gasteiger partial charge in [-0.05, 0) is 36.8 Å². The number of ether oxygens (including phenoxy) is 1. The van der Waals surface area contributed by atoms with Crippen molar-refractivity contribution in [1.82, 2.24) is 14.1 Å². The van der Waals surface area contributed by atoms with Crippen molar-refractivity contribution in [1.29, 1.82) is 0 Å². The van der Waals surface area contributed by atoms with Gasteiger partial charge in [0.05, 0.1) is 18.4 Å². The summed E-state index contributed by atoms with van der Waals surface area (Å²) in [5.74, 6) is 0.316. The summed E-state index contributed by atoms with van der Waals surface area (Å²) < 4.78 is 8.31. The second-order valence-electron chi connectivity index (χ2n) is 6.76. The third-order valence-corrected chi connectivity index (χ3v) is 5.51. The minimum atomic E-state index is -0.444. The van der Waals surface area contributed by atoms with Gasteiger partial charge in [0.1, 0.15) is 11.3 Å². The molecule has 8 nitrogen and oxygen atoms in total. The number of amides is 1. The van der Waals surface area contributed by atoms with Gasteiger partial charge < -0.3 is 9.84 Å². The highest BCUT2D eigenvalue weighted by atomic mass is 32.1. The normalized spacial score (nSPS) is 16.1. The Labute approximate surface area is 173 Å². The molecule has 1 N–H and O–H groups in total. The van der Waals surface area contributed by atoms with Gasteiger partial charge in [-0.3, -0.25) is 18.7 Å². The molecule has 0 fully saturated rings. The number of hydrazone groups is 1. The Hall–Kier alpha value is -2.94. The summed E-state index contributed by atoms with van der Waals surface area (Å²) in [6, 6.07) is 7.08. The lowest BCUT2D eigenvalue weighted by atomic mass is 9.99. The standard InChI is InChI=1S/C20H24N4O4S/c1-5-16(25)24-15(12-7-9-13(10-8-12)28-6-2)11-14(21-24)17-18(26)22(3)20(29)23(4)19(17)27/h7-10,15,26H,5-6,11H2,1-4H3/t15-/m1/s1. The van der Waals surface area contributed by atoms with Crippen LogP contribution < -0.4 is 10.3 Å². The average molecular weight is 417 g/mol. The number of benzene rings is 1. The molecule has 29 heavy (non-hydrogen) atoms. The molecule has 9 heteroatoms. The first-order chi connectivity index (χ1) is 13.8. The molecule has 0 saturated carbocycles. The number of hydrogen-bond acceptors (Lipinski definition) is 6. The Morgan fingerprint density at radius 2 is 1.90 bits per heavy atom. The van der Waals surface area contributed by atoms with Gasteiger partial charge in [0.15, 0.2) is 4.77 Å². The van der Waals surface area contributed by atoms with Crippen LogP contribution >= 0.6 is 12.2 Å². The molecule has 0 aliphatic carbocycles. The number of nitrogens with zero attached hydrogens (tertiary/aromatic N) is 4. The van der Waals surface area contributed by atoms with Crippen molar-refractivity contribution >= 4 is 23.8 Å². The van der Waals surface area contributed by atoms with Gasteiger partial charge in [0.2, 0.25) is 11.8 Å². The highest BCUT2D eigenvalue weighted by Gasteiger charge is 2.35. The van der Waals surface area contributed by atoms with E-state index in [0.717, 1.165) is 11.3 Å². The molecule has 1 aliphatic rings. The van der Waals surface area contributed by atoms with E-state index in [1.165, 1.54) is 14.1 Å². The zero-order valence-corrected chi connectivity index (χ0v) is 17.7. The molecular weight excluding hydrogens is 392 g/mol. The van der Waals surface area contributed by atoms with Crippen LogP contribution in [0.1, 0.15) is 43.9 Å². The van der Waals surface area contributed by atoms with Crippen molar-refractivity contribution in [2.45, 2.75) is 32.7 Å². The van der Waals surface area contributed by atoms with Gasteiger partial charge in [0, 0.05) is 26.9 Å². The lowest BCUT2D eigenvalue weighted by Crippen LogP contribution is -2.28. The second kappa shape index (κ2) is 8.20. The molecule has 1 aromatic carbocycles. The van der Waals surface area contributed by atoms with Crippen LogP contribution in [0.3, 0.4) is 0 Å². The van der Waals surface area contributed by atoms with Gasteiger partial charge in [-0.15, -0.1) is 0 Å². The third-order valence-electron chi connectivity index (χ3n) is 4.97. The summed E-state index contributed by atoms with van der Waals surface area (Å²) in [5, 5.41) is 16.4. The van der Waals surface area contributed by atoms with Crippen LogP contribution in [-0.4, -0.2) is 37.5 Å².